The molecular formula is C28H37N3O4. The molecule has 7 heteroatoms. The minimum atomic E-state index is -0.579. The fourth-order valence-electron chi connectivity index (χ4n) is 6.08. The Bertz CT molecular complexity index is 1130. The summed E-state index contributed by atoms with van der Waals surface area (Å²) < 4.78 is 6.24. The van der Waals surface area contributed by atoms with Gasteiger partial charge < -0.3 is 25.3 Å². The number of nitrogens with zero attached hydrogens (tertiary/aromatic N) is 1. The van der Waals surface area contributed by atoms with Gasteiger partial charge in [0, 0.05) is 23.1 Å². The second kappa shape index (κ2) is 8.87. The molecule has 1 aromatic heterocycles. The van der Waals surface area contributed by atoms with Gasteiger partial charge in [-0.05, 0) is 86.5 Å². The molecule has 188 valence electrons. The van der Waals surface area contributed by atoms with E-state index in [-0.39, 0.29) is 30.5 Å². The Morgan fingerprint density at radius 2 is 1.89 bits per heavy atom. The first-order chi connectivity index (χ1) is 16.7. The average Bonchev–Trinajstić information content (AvgIpc) is 3.40. The predicted octanol–water partition coefficient (Wildman–Crippen LogP) is 4.71. The van der Waals surface area contributed by atoms with Gasteiger partial charge in [-0.15, -0.1) is 0 Å². The molecule has 1 aliphatic carbocycles. The van der Waals surface area contributed by atoms with Crippen LogP contribution in [0.3, 0.4) is 0 Å². The summed E-state index contributed by atoms with van der Waals surface area (Å²) in [6, 6.07) is 6.28. The van der Waals surface area contributed by atoms with Gasteiger partial charge in [-0.3, -0.25) is 4.79 Å². The van der Waals surface area contributed by atoms with Gasteiger partial charge in [0.2, 0.25) is 0 Å². The number of aliphatic hydroxyl groups excluding tert-OH is 2. The topological polar surface area (TPSA) is 107 Å². The molecule has 5 rings (SSSR count). The van der Waals surface area contributed by atoms with Crippen molar-refractivity contribution in [2.45, 2.75) is 82.8 Å². The number of aromatic amines is 1. The molecule has 1 aromatic carbocycles. The number of benzene rings is 1. The minimum Gasteiger partial charge on any atom is -0.393 e. The van der Waals surface area contributed by atoms with E-state index in [1.54, 1.807) is 6.20 Å². The van der Waals surface area contributed by atoms with E-state index in [9.17, 15) is 15.0 Å². The van der Waals surface area contributed by atoms with E-state index in [4.69, 9.17) is 4.74 Å². The highest BCUT2D eigenvalue weighted by Crippen LogP contribution is 2.53. The molecule has 35 heavy (non-hydrogen) atoms. The fraction of sp³-hybridized carbons (Fsp3) is 0.571. The van der Waals surface area contributed by atoms with E-state index in [2.05, 4.69) is 47.3 Å². The highest BCUT2D eigenvalue weighted by molar-refractivity contribution is 6.03. The van der Waals surface area contributed by atoms with Crippen molar-refractivity contribution in [3.63, 3.8) is 0 Å². The third-order valence-corrected chi connectivity index (χ3v) is 8.28. The maximum atomic E-state index is 12.9. The van der Waals surface area contributed by atoms with Crippen molar-refractivity contribution >= 4 is 17.2 Å². The lowest BCUT2D eigenvalue weighted by atomic mass is 9.75. The van der Waals surface area contributed by atoms with Crippen molar-refractivity contribution in [2.24, 2.45) is 5.41 Å². The van der Waals surface area contributed by atoms with Crippen molar-refractivity contribution < 1.29 is 19.7 Å². The van der Waals surface area contributed by atoms with Gasteiger partial charge in [0.15, 0.2) is 5.82 Å². The molecule has 0 saturated carbocycles. The van der Waals surface area contributed by atoms with E-state index < -0.39 is 11.2 Å². The van der Waals surface area contributed by atoms with Crippen molar-refractivity contribution in [3.8, 4) is 0 Å². The quantitative estimate of drug-likeness (QED) is 0.480. The van der Waals surface area contributed by atoms with Crippen LogP contribution in [0.25, 0.3) is 5.57 Å². The van der Waals surface area contributed by atoms with Crippen LogP contribution in [0.15, 0.2) is 30.5 Å². The second-order valence-electron chi connectivity index (χ2n) is 11.7. The molecule has 3 heterocycles. The summed E-state index contributed by atoms with van der Waals surface area (Å²) in [5.41, 5.74) is 4.20. The van der Waals surface area contributed by atoms with E-state index in [0.29, 0.717) is 5.82 Å². The number of aryl methyl sites for hydroxylation is 1. The number of allylic oxidation sites excluding steroid dienone is 2. The smallest absolute Gasteiger partial charge is 0.291 e. The van der Waals surface area contributed by atoms with Gasteiger partial charge in [-0.25, -0.2) is 4.98 Å². The summed E-state index contributed by atoms with van der Waals surface area (Å²) in [5.74, 6) is 0.209. The van der Waals surface area contributed by atoms with Crippen LogP contribution in [0.1, 0.15) is 92.2 Å². The summed E-state index contributed by atoms with van der Waals surface area (Å²) in [5, 5.41) is 23.3. The number of aliphatic hydroxyl groups is 2. The largest absolute Gasteiger partial charge is 0.393 e. The average molecular weight is 480 g/mol. The molecule has 7 nitrogen and oxygen atoms in total. The Hall–Kier alpha value is -2.48. The fourth-order valence-corrected chi connectivity index (χ4v) is 6.08. The molecule has 2 aromatic rings. The number of amides is 1. The van der Waals surface area contributed by atoms with Gasteiger partial charge >= 0.3 is 0 Å². The summed E-state index contributed by atoms with van der Waals surface area (Å²) in [6.07, 6.45) is 10.00. The summed E-state index contributed by atoms with van der Waals surface area (Å²) >= 11 is 0. The van der Waals surface area contributed by atoms with Gasteiger partial charge in [0.05, 0.1) is 24.4 Å². The number of H-pyrrole nitrogens is 1. The maximum absolute atomic E-state index is 12.9. The van der Waals surface area contributed by atoms with E-state index in [1.165, 1.54) is 11.1 Å². The SMILES string of the molecule is Cc1cnc(C(=O)Nc2ccc(C3C[C@]4(CO)CC[C@](CO)(C3)O4)cc2C2=CCC(C)(C)CC2)[nH]1. The Labute approximate surface area is 207 Å². The summed E-state index contributed by atoms with van der Waals surface area (Å²) in [7, 11) is 0. The van der Waals surface area contributed by atoms with Crippen molar-refractivity contribution in [1.82, 2.24) is 9.97 Å². The molecular weight excluding hydrogens is 442 g/mol. The molecule has 0 spiro atoms. The molecule has 1 amide bonds. The van der Waals surface area contributed by atoms with Crippen molar-refractivity contribution in [2.75, 3.05) is 18.5 Å². The lowest BCUT2D eigenvalue weighted by Crippen LogP contribution is -2.47. The first-order valence-corrected chi connectivity index (χ1v) is 12.7. The van der Waals surface area contributed by atoms with Crippen molar-refractivity contribution in [3.05, 3.63) is 53.1 Å². The number of carbonyl (C=O) groups is 1. The van der Waals surface area contributed by atoms with Crippen LogP contribution in [0, 0.1) is 12.3 Å². The zero-order valence-electron chi connectivity index (χ0n) is 21.0. The molecule has 2 aliphatic heterocycles. The number of nitrogens with one attached hydrogen (secondary N) is 2. The Morgan fingerprint density at radius 1 is 1.17 bits per heavy atom. The number of hydrogen-bond acceptors (Lipinski definition) is 5. The Morgan fingerprint density at radius 3 is 2.46 bits per heavy atom. The molecule has 3 atom stereocenters. The standard InChI is InChI=1S/C28H37N3O4/c1-18-15-29-24(30-18)25(34)31-23-5-4-20(12-22(23)19-6-8-26(2,3)9-7-19)21-13-27(16-32)10-11-28(14-21,17-33)35-27/h4-6,12,15,21,32-33H,7-11,13-14,16-17H2,1-3H3,(H,29,30)(H,31,34)/t21?,27-,28+. The maximum Gasteiger partial charge on any atom is 0.291 e. The molecule has 1 unspecified atom stereocenters. The lowest BCUT2D eigenvalue weighted by molar-refractivity contribution is -0.177. The van der Waals surface area contributed by atoms with Gasteiger partial charge in [0.1, 0.15) is 0 Å². The van der Waals surface area contributed by atoms with Crippen LogP contribution in [-0.2, 0) is 4.74 Å². The number of rotatable bonds is 6. The van der Waals surface area contributed by atoms with Crippen molar-refractivity contribution in [1.29, 1.82) is 0 Å². The number of ether oxygens (including phenoxy) is 1. The number of anilines is 1. The summed E-state index contributed by atoms with van der Waals surface area (Å²) in [6.45, 7) is 6.39. The number of imidazole rings is 1. The Kier molecular flexibility index (Phi) is 6.14. The second-order valence-corrected chi connectivity index (χ2v) is 11.7. The predicted molar refractivity (Wildman–Crippen MR) is 135 cm³/mol. The van der Waals surface area contributed by atoms with Gasteiger partial charge in [-0.2, -0.15) is 0 Å². The molecule has 2 bridgehead atoms. The van der Waals surface area contributed by atoms with E-state index >= 15 is 0 Å². The van der Waals surface area contributed by atoms with E-state index in [1.807, 2.05) is 13.0 Å². The van der Waals surface area contributed by atoms with Crippen LogP contribution in [-0.4, -0.2) is 50.5 Å². The number of carbonyl (C=O) groups excluding carboxylic acids is 1. The van der Waals surface area contributed by atoms with Gasteiger partial charge in [-0.1, -0.05) is 26.0 Å². The van der Waals surface area contributed by atoms with Crippen LogP contribution >= 0.6 is 0 Å². The third kappa shape index (κ3) is 4.69. The third-order valence-electron chi connectivity index (χ3n) is 8.28. The van der Waals surface area contributed by atoms with Crippen LogP contribution in [0.5, 0.6) is 0 Å². The number of aromatic nitrogens is 2. The molecule has 0 radical (unpaired) electrons. The molecule has 3 aliphatic rings. The first kappa shape index (κ1) is 24.2. The number of fused-ring (bicyclic) bond motifs is 2. The summed E-state index contributed by atoms with van der Waals surface area (Å²) in [4.78, 5) is 20.1. The lowest BCUT2D eigenvalue weighted by Gasteiger charge is -2.43. The zero-order chi connectivity index (χ0) is 24.8. The first-order valence-electron chi connectivity index (χ1n) is 12.7. The Balaban J connectivity index is 1.49. The minimum absolute atomic E-state index is 0.0327. The molecule has 2 fully saturated rings. The van der Waals surface area contributed by atoms with E-state index in [0.717, 1.165) is 61.9 Å². The molecule has 4 N–H and O–H groups in total. The number of hydrogen-bond donors (Lipinski definition) is 4. The van der Waals surface area contributed by atoms with Crippen LogP contribution in [0.4, 0.5) is 5.69 Å². The highest BCUT2D eigenvalue weighted by Gasteiger charge is 2.55. The normalized spacial score (nSPS) is 29.6. The van der Waals surface area contributed by atoms with Crippen LogP contribution in [0.2, 0.25) is 0 Å². The monoisotopic (exact) mass is 479 g/mol. The molecule has 2 saturated heterocycles. The van der Waals surface area contributed by atoms with Gasteiger partial charge in [0.25, 0.3) is 5.91 Å². The van der Waals surface area contributed by atoms with Crippen LogP contribution < -0.4 is 5.32 Å². The highest BCUT2D eigenvalue weighted by atomic mass is 16.6. The zero-order valence-corrected chi connectivity index (χ0v) is 21.0.